The summed E-state index contributed by atoms with van der Waals surface area (Å²) >= 11 is 0. The van der Waals surface area contributed by atoms with Crippen LogP contribution in [0.2, 0.25) is 0 Å². The molecule has 0 fully saturated rings. The molecule has 0 radical (unpaired) electrons. The van der Waals surface area contributed by atoms with Gasteiger partial charge < -0.3 is 10.4 Å². The third-order valence-corrected chi connectivity index (χ3v) is 1.38. The predicted molar refractivity (Wildman–Crippen MR) is 53.0 cm³/mol. The number of hydrogen-bond acceptors (Lipinski definition) is 3. The largest absolute Gasteiger partial charge is 0.481 e. The highest BCUT2D eigenvalue weighted by Gasteiger charge is 1.99. The molecule has 0 saturated heterocycles. The monoisotopic (exact) mass is 184 g/mol. The number of nitrogens with zero attached hydrogens (tertiary/aromatic N) is 1. The number of carboxylic acid groups (broad SMARTS) is 1. The van der Waals surface area contributed by atoms with Crippen molar-refractivity contribution in [3.05, 3.63) is 12.7 Å². The lowest BCUT2D eigenvalue weighted by Gasteiger charge is -1.93. The van der Waals surface area contributed by atoms with Crippen LogP contribution in [0.5, 0.6) is 0 Å². The van der Waals surface area contributed by atoms with E-state index in [1.165, 1.54) is 0 Å². The Balaban J connectivity index is 0.000000252. The number of carboxylic acids is 1. The van der Waals surface area contributed by atoms with Crippen molar-refractivity contribution in [2.75, 3.05) is 13.1 Å². The minimum atomic E-state index is -0.745. The molecule has 1 aliphatic rings. The minimum absolute atomic E-state index is 0.222. The number of aliphatic carboxylic acids is 1. The second-order valence-electron chi connectivity index (χ2n) is 2.50. The highest BCUT2D eigenvalue weighted by molar-refractivity contribution is 5.84. The fourth-order valence-electron chi connectivity index (χ4n) is 0.720. The topological polar surface area (TPSA) is 61.7 Å². The van der Waals surface area contributed by atoms with Crippen LogP contribution in [0.3, 0.4) is 0 Å². The van der Waals surface area contributed by atoms with Crippen LogP contribution in [0.25, 0.3) is 0 Å². The van der Waals surface area contributed by atoms with Crippen molar-refractivity contribution in [2.45, 2.75) is 19.8 Å². The van der Waals surface area contributed by atoms with Crippen molar-refractivity contribution in [1.29, 1.82) is 0 Å². The Morgan fingerprint density at radius 1 is 1.85 bits per heavy atom. The summed E-state index contributed by atoms with van der Waals surface area (Å²) in [4.78, 5) is 13.5. The Morgan fingerprint density at radius 3 is 2.77 bits per heavy atom. The Labute approximate surface area is 78.4 Å². The Kier molecular flexibility index (Phi) is 6.59. The fraction of sp³-hybridized carbons (Fsp3) is 0.556. The van der Waals surface area contributed by atoms with Gasteiger partial charge in [-0.25, -0.2) is 0 Å². The molecular formula is C9H16N2O2. The van der Waals surface area contributed by atoms with Crippen LogP contribution in [-0.2, 0) is 4.79 Å². The molecule has 0 amide bonds. The molecule has 0 atom stereocenters. The SMILES string of the molecule is C=CCC1=NCCN1.CCC(=O)O. The standard InChI is InChI=1S/C6H10N2.C3H6O2/c1-2-3-6-7-4-5-8-6;1-2-3(4)5/h2H,1,3-5H2,(H,7,8);2H2,1H3,(H,4,5). The summed E-state index contributed by atoms with van der Waals surface area (Å²) in [5, 5.41) is 10.9. The number of amidine groups is 1. The third-order valence-electron chi connectivity index (χ3n) is 1.38. The molecule has 74 valence electrons. The number of hydrogen-bond donors (Lipinski definition) is 2. The second-order valence-corrected chi connectivity index (χ2v) is 2.50. The molecular weight excluding hydrogens is 168 g/mol. The Morgan fingerprint density at radius 2 is 2.46 bits per heavy atom. The van der Waals surface area contributed by atoms with E-state index in [4.69, 9.17) is 5.11 Å². The zero-order chi connectivity index (χ0) is 10.1. The van der Waals surface area contributed by atoms with Crippen LogP contribution in [-0.4, -0.2) is 30.0 Å². The Hall–Kier alpha value is -1.32. The van der Waals surface area contributed by atoms with Crippen molar-refractivity contribution < 1.29 is 9.90 Å². The van der Waals surface area contributed by atoms with E-state index in [-0.39, 0.29) is 6.42 Å². The van der Waals surface area contributed by atoms with Crippen molar-refractivity contribution in [3.63, 3.8) is 0 Å². The molecule has 0 aromatic carbocycles. The molecule has 0 aromatic heterocycles. The molecule has 2 N–H and O–H groups in total. The third kappa shape index (κ3) is 7.05. The zero-order valence-electron chi connectivity index (χ0n) is 7.92. The summed E-state index contributed by atoms with van der Waals surface area (Å²) < 4.78 is 0. The van der Waals surface area contributed by atoms with Gasteiger partial charge in [-0.2, -0.15) is 0 Å². The maximum atomic E-state index is 9.37. The lowest BCUT2D eigenvalue weighted by atomic mass is 10.4. The first-order valence-electron chi connectivity index (χ1n) is 4.30. The summed E-state index contributed by atoms with van der Waals surface area (Å²) in [5.74, 6) is 0.338. The van der Waals surface area contributed by atoms with Crippen LogP contribution in [0.4, 0.5) is 0 Å². The smallest absolute Gasteiger partial charge is 0.303 e. The number of carbonyl (C=O) groups is 1. The fourth-order valence-corrected chi connectivity index (χ4v) is 0.720. The van der Waals surface area contributed by atoms with E-state index in [1.54, 1.807) is 6.92 Å². The van der Waals surface area contributed by atoms with Crippen LogP contribution in [0.15, 0.2) is 17.6 Å². The average molecular weight is 184 g/mol. The van der Waals surface area contributed by atoms with Crippen molar-refractivity contribution >= 4 is 11.8 Å². The quantitative estimate of drug-likeness (QED) is 0.644. The number of nitrogens with one attached hydrogen (secondary N) is 1. The molecule has 1 heterocycles. The molecule has 0 spiro atoms. The molecule has 4 nitrogen and oxygen atoms in total. The van der Waals surface area contributed by atoms with E-state index in [0.29, 0.717) is 0 Å². The lowest BCUT2D eigenvalue weighted by Crippen LogP contribution is -2.17. The molecule has 0 aliphatic carbocycles. The second kappa shape index (κ2) is 7.34. The van der Waals surface area contributed by atoms with Crippen LogP contribution >= 0.6 is 0 Å². The molecule has 0 unspecified atom stereocenters. The molecule has 0 saturated carbocycles. The highest BCUT2D eigenvalue weighted by atomic mass is 16.4. The van der Waals surface area contributed by atoms with Gasteiger partial charge in [-0.05, 0) is 0 Å². The van der Waals surface area contributed by atoms with E-state index >= 15 is 0 Å². The molecule has 1 rings (SSSR count). The van der Waals surface area contributed by atoms with Gasteiger partial charge in [0, 0.05) is 19.4 Å². The van der Waals surface area contributed by atoms with Crippen LogP contribution in [0, 0.1) is 0 Å². The zero-order valence-corrected chi connectivity index (χ0v) is 7.92. The molecule has 0 aromatic rings. The van der Waals surface area contributed by atoms with Gasteiger partial charge in [-0.15, -0.1) is 6.58 Å². The van der Waals surface area contributed by atoms with Gasteiger partial charge in [0.1, 0.15) is 5.84 Å². The number of aliphatic imine (C=N–C) groups is 1. The highest BCUT2D eigenvalue weighted by Crippen LogP contribution is 1.89. The molecule has 0 bridgehead atoms. The van der Waals surface area contributed by atoms with Crippen LogP contribution < -0.4 is 5.32 Å². The van der Waals surface area contributed by atoms with Crippen molar-refractivity contribution in [1.82, 2.24) is 5.32 Å². The van der Waals surface area contributed by atoms with Crippen LogP contribution in [0.1, 0.15) is 19.8 Å². The van der Waals surface area contributed by atoms with Gasteiger partial charge in [0.2, 0.25) is 0 Å². The maximum Gasteiger partial charge on any atom is 0.303 e. The van der Waals surface area contributed by atoms with E-state index in [2.05, 4.69) is 16.9 Å². The minimum Gasteiger partial charge on any atom is -0.481 e. The summed E-state index contributed by atoms with van der Waals surface area (Å²) in [7, 11) is 0. The van der Waals surface area contributed by atoms with E-state index in [9.17, 15) is 4.79 Å². The summed E-state index contributed by atoms with van der Waals surface area (Å²) in [6.45, 7) is 7.14. The van der Waals surface area contributed by atoms with Crippen molar-refractivity contribution in [3.8, 4) is 0 Å². The normalized spacial score (nSPS) is 13.5. The van der Waals surface area contributed by atoms with E-state index in [0.717, 1.165) is 25.3 Å². The van der Waals surface area contributed by atoms with Gasteiger partial charge in [-0.3, -0.25) is 9.79 Å². The van der Waals surface area contributed by atoms with Gasteiger partial charge in [0.05, 0.1) is 6.54 Å². The van der Waals surface area contributed by atoms with Gasteiger partial charge in [-0.1, -0.05) is 13.0 Å². The average Bonchev–Trinajstić information content (AvgIpc) is 2.59. The van der Waals surface area contributed by atoms with Gasteiger partial charge in [0.15, 0.2) is 0 Å². The summed E-state index contributed by atoms with van der Waals surface area (Å²) in [6.07, 6.45) is 2.97. The van der Waals surface area contributed by atoms with Gasteiger partial charge >= 0.3 is 5.97 Å². The summed E-state index contributed by atoms with van der Waals surface area (Å²) in [5.41, 5.74) is 0. The van der Waals surface area contributed by atoms with Crippen molar-refractivity contribution in [2.24, 2.45) is 4.99 Å². The lowest BCUT2D eigenvalue weighted by molar-refractivity contribution is -0.136. The van der Waals surface area contributed by atoms with E-state index in [1.807, 2.05) is 6.08 Å². The molecule has 13 heavy (non-hydrogen) atoms. The molecule has 1 aliphatic heterocycles. The maximum absolute atomic E-state index is 9.37. The summed E-state index contributed by atoms with van der Waals surface area (Å²) in [6, 6.07) is 0. The molecule has 4 heteroatoms. The van der Waals surface area contributed by atoms with E-state index < -0.39 is 5.97 Å². The predicted octanol–water partition coefficient (Wildman–Crippen LogP) is 1.05. The Bertz CT molecular complexity index is 200. The first kappa shape index (κ1) is 11.7. The first-order valence-corrected chi connectivity index (χ1v) is 4.30. The van der Waals surface area contributed by atoms with Gasteiger partial charge in [0.25, 0.3) is 0 Å². The first-order chi connectivity index (χ1) is 6.20. The number of rotatable bonds is 3.